The van der Waals surface area contributed by atoms with Crippen molar-refractivity contribution < 1.29 is 27.0 Å². The van der Waals surface area contributed by atoms with Crippen molar-refractivity contribution in [1.82, 2.24) is 15.0 Å². The zero-order valence-electron chi connectivity index (χ0n) is 16.3. The summed E-state index contributed by atoms with van der Waals surface area (Å²) in [5.41, 5.74) is 6.34. The maximum absolute atomic E-state index is 13.8. The molecule has 0 spiro atoms. The van der Waals surface area contributed by atoms with E-state index in [9.17, 15) is 17.6 Å². The highest BCUT2D eigenvalue weighted by Gasteiger charge is 2.42. The predicted molar refractivity (Wildman–Crippen MR) is 104 cm³/mol. The number of morpholine rings is 1. The first-order valence-corrected chi connectivity index (χ1v) is 9.88. The van der Waals surface area contributed by atoms with Gasteiger partial charge in [-0.2, -0.15) is 13.8 Å². The minimum Gasteiger partial charge on any atom is -0.431 e. The molecule has 0 aromatic carbocycles. The predicted octanol–water partition coefficient (Wildman–Crippen LogP) is 2.55. The summed E-state index contributed by atoms with van der Waals surface area (Å²) in [5, 5.41) is 0. The van der Waals surface area contributed by atoms with Gasteiger partial charge in [0, 0.05) is 37.3 Å². The first kappa shape index (κ1) is 20.0. The third kappa shape index (κ3) is 3.91. The van der Waals surface area contributed by atoms with Crippen LogP contribution < -0.4 is 20.3 Å². The summed E-state index contributed by atoms with van der Waals surface area (Å²) < 4.78 is 63.1. The van der Waals surface area contributed by atoms with Gasteiger partial charge in [-0.15, -0.1) is 0 Å². The van der Waals surface area contributed by atoms with E-state index in [0.29, 0.717) is 30.2 Å². The molecule has 2 aromatic heterocycles. The van der Waals surface area contributed by atoms with Crippen LogP contribution in [0.2, 0.25) is 0 Å². The molecule has 166 valence electrons. The Bertz CT molecular complexity index is 994. The standard InChI is InChI=1S/C19H20F4N6O2/c20-17(21)31-14-3-10(6-25-16(14)24)13-5-15(29-7-12-4-11(29)8-30-12)27-18(26-13)28-2-1-19(22,23)9-28/h3,5-6,11-12,17H,1-2,4,7-9H2,(H2,24,25). The molecule has 0 saturated carbocycles. The number of halogens is 4. The van der Waals surface area contributed by atoms with Crippen molar-refractivity contribution in [2.45, 2.75) is 37.5 Å². The summed E-state index contributed by atoms with van der Waals surface area (Å²) in [6, 6.07) is 3.14. The molecule has 5 rings (SSSR count). The average molecular weight is 440 g/mol. The molecule has 2 aromatic rings. The summed E-state index contributed by atoms with van der Waals surface area (Å²) in [5.74, 6) is -2.57. The molecule has 2 N–H and O–H groups in total. The molecule has 2 bridgehead atoms. The fourth-order valence-electron chi connectivity index (χ4n) is 4.23. The highest BCUT2D eigenvalue weighted by Crippen LogP contribution is 2.36. The van der Waals surface area contributed by atoms with Crippen LogP contribution in [-0.2, 0) is 4.74 Å². The van der Waals surface area contributed by atoms with Crippen LogP contribution in [0.25, 0.3) is 11.3 Å². The molecule has 3 saturated heterocycles. The lowest BCUT2D eigenvalue weighted by atomic mass is 10.2. The summed E-state index contributed by atoms with van der Waals surface area (Å²) >= 11 is 0. The van der Waals surface area contributed by atoms with Gasteiger partial charge in [0.2, 0.25) is 5.95 Å². The van der Waals surface area contributed by atoms with E-state index < -0.39 is 19.1 Å². The normalized spacial score (nSPS) is 24.4. The molecule has 0 radical (unpaired) electrons. The van der Waals surface area contributed by atoms with Crippen molar-refractivity contribution in [3.05, 3.63) is 18.3 Å². The fourth-order valence-corrected chi connectivity index (χ4v) is 4.23. The van der Waals surface area contributed by atoms with Crippen molar-refractivity contribution in [3.63, 3.8) is 0 Å². The van der Waals surface area contributed by atoms with Crippen molar-refractivity contribution in [2.24, 2.45) is 0 Å². The number of hydrogen-bond acceptors (Lipinski definition) is 8. The second-order valence-corrected chi connectivity index (χ2v) is 7.92. The molecule has 31 heavy (non-hydrogen) atoms. The number of nitrogens with zero attached hydrogens (tertiary/aromatic N) is 5. The fraction of sp³-hybridized carbons (Fsp3) is 0.526. The van der Waals surface area contributed by atoms with Gasteiger partial charge in [0.05, 0.1) is 31.0 Å². The smallest absolute Gasteiger partial charge is 0.387 e. The third-order valence-corrected chi connectivity index (χ3v) is 5.74. The number of ether oxygens (including phenoxy) is 2. The molecule has 0 aliphatic carbocycles. The number of nitrogens with two attached hydrogens (primary N) is 1. The molecule has 0 amide bonds. The molecule has 2 atom stereocenters. The van der Waals surface area contributed by atoms with Crippen molar-refractivity contribution in [1.29, 1.82) is 0 Å². The number of hydrogen-bond donors (Lipinski definition) is 1. The van der Waals surface area contributed by atoms with Crippen LogP contribution in [-0.4, -0.2) is 65.9 Å². The molecule has 3 aliphatic rings. The SMILES string of the molecule is Nc1ncc(-c2cc(N3CC4CC3CO4)nc(N3CCC(F)(F)C3)n2)cc1OC(F)F. The van der Waals surface area contributed by atoms with Crippen LogP contribution in [0.15, 0.2) is 18.3 Å². The van der Waals surface area contributed by atoms with E-state index in [2.05, 4.69) is 24.6 Å². The van der Waals surface area contributed by atoms with Gasteiger partial charge in [0.15, 0.2) is 11.6 Å². The molecular formula is C19H20F4N6O2. The van der Waals surface area contributed by atoms with Crippen LogP contribution in [0.3, 0.4) is 0 Å². The first-order chi connectivity index (χ1) is 14.8. The largest absolute Gasteiger partial charge is 0.431 e. The van der Waals surface area contributed by atoms with Crippen LogP contribution >= 0.6 is 0 Å². The van der Waals surface area contributed by atoms with Gasteiger partial charge >= 0.3 is 6.61 Å². The van der Waals surface area contributed by atoms with E-state index in [0.717, 1.165) is 6.42 Å². The zero-order valence-corrected chi connectivity index (χ0v) is 16.3. The van der Waals surface area contributed by atoms with Gasteiger partial charge < -0.3 is 25.0 Å². The summed E-state index contributed by atoms with van der Waals surface area (Å²) in [7, 11) is 0. The maximum Gasteiger partial charge on any atom is 0.387 e. The van der Waals surface area contributed by atoms with Gasteiger partial charge in [-0.05, 0) is 12.5 Å². The van der Waals surface area contributed by atoms with E-state index in [1.54, 1.807) is 6.07 Å². The lowest BCUT2D eigenvalue weighted by Gasteiger charge is -2.29. The number of fused-ring (bicyclic) bond motifs is 2. The number of rotatable bonds is 5. The van der Waals surface area contributed by atoms with Crippen LogP contribution in [0.5, 0.6) is 5.75 Å². The van der Waals surface area contributed by atoms with Gasteiger partial charge in [-0.1, -0.05) is 0 Å². The molecule has 8 nitrogen and oxygen atoms in total. The number of anilines is 3. The van der Waals surface area contributed by atoms with E-state index in [1.165, 1.54) is 17.2 Å². The minimum atomic E-state index is -3.07. The Kier molecular flexibility index (Phi) is 4.76. The average Bonchev–Trinajstić information content (AvgIpc) is 3.44. The molecule has 3 fully saturated rings. The Morgan fingerprint density at radius 1 is 1.26 bits per heavy atom. The lowest BCUT2D eigenvalue weighted by Crippen LogP contribution is -2.38. The maximum atomic E-state index is 13.8. The Hall–Kier alpha value is -2.89. The number of alkyl halides is 4. The lowest BCUT2D eigenvalue weighted by molar-refractivity contribution is -0.0494. The second-order valence-electron chi connectivity index (χ2n) is 7.92. The molecule has 2 unspecified atom stereocenters. The second kappa shape index (κ2) is 7.36. The van der Waals surface area contributed by atoms with Gasteiger partial charge in [0.1, 0.15) is 5.82 Å². The van der Waals surface area contributed by atoms with Gasteiger partial charge in [-0.3, -0.25) is 0 Å². The van der Waals surface area contributed by atoms with E-state index >= 15 is 0 Å². The highest BCUT2D eigenvalue weighted by molar-refractivity contribution is 5.68. The first-order valence-electron chi connectivity index (χ1n) is 9.88. The molecular weight excluding hydrogens is 420 g/mol. The number of nitrogen functional groups attached to an aromatic ring is 1. The minimum absolute atomic E-state index is 0.104. The Balaban J connectivity index is 1.55. The topological polar surface area (TPSA) is 89.6 Å². The van der Waals surface area contributed by atoms with E-state index in [-0.39, 0.29) is 42.6 Å². The van der Waals surface area contributed by atoms with Crippen LogP contribution in [0.4, 0.5) is 35.1 Å². The van der Waals surface area contributed by atoms with Crippen molar-refractivity contribution in [3.8, 4) is 17.0 Å². The van der Waals surface area contributed by atoms with Gasteiger partial charge in [-0.25, -0.2) is 18.7 Å². The summed E-state index contributed by atoms with van der Waals surface area (Å²) in [4.78, 5) is 16.4. The summed E-state index contributed by atoms with van der Waals surface area (Å²) in [6.07, 6.45) is 2.06. The quantitative estimate of drug-likeness (QED) is 0.710. The number of pyridine rings is 1. The van der Waals surface area contributed by atoms with Crippen molar-refractivity contribution >= 4 is 17.6 Å². The molecule has 3 aliphatic heterocycles. The van der Waals surface area contributed by atoms with E-state index in [4.69, 9.17) is 10.5 Å². The molecule has 12 heteroatoms. The number of aromatic nitrogens is 3. The monoisotopic (exact) mass is 440 g/mol. The molecule has 5 heterocycles. The highest BCUT2D eigenvalue weighted by atomic mass is 19.3. The Morgan fingerprint density at radius 3 is 2.74 bits per heavy atom. The van der Waals surface area contributed by atoms with Crippen LogP contribution in [0, 0.1) is 0 Å². The Labute approximate surface area is 175 Å². The third-order valence-electron chi connectivity index (χ3n) is 5.74. The Morgan fingerprint density at radius 2 is 2.10 bits per heavy atom. The van der Waals surface area contributed by atoms with Crippen molar-refractivity contribution in [2.75, 3.05) is 41.8 Å². The van der Waals surface area contributed by atoms with E-state index in [1.807, 2.05) is 0 Å². The zero-order chi connectivity index (χ0) is 21.8. The van der Waals surface area contributed by atoms with Gasteiger partial charge in [0.25, 0.3) is 5.92 Å². The summed E-state index contributed by atoms with van der Waals surface area (Å²) in [6.45, 7) is -2.23. The van der Waals surface area contributed by atoms with Crippen LogP contribution in [0.1, 0.15) is 12.8 Å².